The van der Waals surface area contributed by atoms with Crippen LogP contribution < -0.4 is 7.89 Å². The molecule has 2 heterocycles. The zero-order chi connectivity index (χ0) is 43.2. The molecule has 22 heteroatoms. The average Bonchev–Trinajstić information content (AvgIpc) is 3.18. The molecule has 0 aliphatic rings. The highest BCUT2D eigenvalue weighted by Crippen LogP contribution is 2.36. The second-order valence-corrected chi connectivity index (χ2v) is 17.2. The number of hydrogen-bond donors (Lipinski definition) is 1. The van der Waals surface area contributed by atoms with E-state index in [4.69, 9.17) is 0 Å². The molecule has 0 spiro atoms. The van der Waals surface area contributed by atoms with Crippen LogP contribution in [0, 0.1) is 0 Å². The minimum atomic E-state index is -6.00. The summed E-state index contributed by atoms with van der Waals surface area (Å²) >= 11 is 0. The Hall–Kier alpha value is -6.39. The maximum Gasteiger partial charge on any atom is 0.534 e. The van der Waals surface area contributed by atoms with Gasteiger partial charge in [-0.25, -0.2) is 28.4 Å². The largest absolute Gasteiger partial charge is 0.534 e. The van der Waals surface area contributed by atoms with Gasteiger partial charge in [0.15, 0.2) is 5.75 Å². The SMILES string of the molecule is CS(=O)(=O)N(c1ccccc1)S(=O)(=O)C(F)(F)F.O=S(=O)(Oc1cc(-c2ccccc2)cc2cncnc12)C(F)(F)F.Oc1cc(-c2ccccc2)cc2cncnc12. The number of aromatic hydroxyl groups is 1. The van der Waals surface area contributed by atoms with Crippen molar-refractivity contribution in [2.24, 2.45) is 0 Å². The molecule has 0 radical (unpaired) electrons. The summed E-state index contributed by atoms with van der Waals surface area (Å²) in [6.07, 6.45) is 5.97. The first-order valence-corrected chi connectivity index (χ1v) is 20.9. The van der Waals surface area contributed by atoms with Crippen molar-refractivity contribution in [3.8, 4) is 33.8 Å². The summed E-state index contributed by atoms with van der Waals surface area (Å²) in [5.74, 6) is -0.324. The predicted molar refractivity (Wildman–Crippen MR) is 206 cm³/mol. The number of phenolic OH excluding ortho intramolecular Hbond substituents is 1. The van der Waals surface area contributed by atoms with E-state index in [-0.39, 0.29) is 11.3 Å². The average molecular weight is 880 g/mol. The lowest BCUT2D eigenvalue weighted by Crippen LogP contribution is -2.44. The van der Waals surface area contributed by atoms with Crippen LogP contribution in [0.4, 0.5) is 32.0 Å². The molecular formula is C37H27F6N5O8S3. The standard InChI is InChI=1S/C15H9F3N2O3S.C14H10N2O.C8H8F3NO4S2/c16-15(17,18)24(21,22)23-13-7-11(10-4-2-1-3-5-10)6-12-8-19-9-20-14(12)13;17-13-7-11(10-4-2-1-3-5-10)6-12-8-15-9-16-14(12)13;1-17(13,14)12(7-5-3-2-4-6-7)18(15,16)8(9,10)11/h1-9H;1-9,17H;2-6H,1H3. The number of sulfonamides is 2. The summed E-state index contributed by atoms with van der Waals surface area (Å²) in [6.45, 7) is 0. The van der Waals surface area contributed by atoms with Gasteiger partial charge in [-0.1, -0.05) is 78.9 Å². The lowest BCUT2D eigenvalue weighted by molar-refractivity contribution is -0.0500. The molecule has 0 unspecified atom stereocenters. The molecule has 59 heavy (non-hydrogen) atoms. The molecule has 0 atom stereocenters. The Bertz CT molecular complexity index is 2910. The third kappa shape index (κ3) is 10.4. The second kappa shape index (κ2) is 17.2. The Kier molecular flexibility index (Phi) is 12.8. The molecule has 0 bridgehead atoms. The molecule has 0 aliphatic heterocycles. The van der Waals surface area contributed by atoms with Gasteiger partial charge in [-0.3, -0.25) is 0 Å². The molecule has 13 nitrogen and oxygen atoms in total. The summed E-state index contributed by atoms with van der Waals surface area (Å²) in [5.41, 5.74) is -8.10. The van der Waals surface area contributed by atoms with E-state index < -0.39 is 56.3 Å². The maximum atomic E-state index is 12.6. The Labute approximate surface area is 332 Å². The third-order valence-electron chi connectivity index (χ3n) is 7.63. The first-order valence-electron chi connectivity index (χ1n) is 16.2. The molecule has 308 valence electrons. The summed E-state index contributed by atoms with van der Waals surface area (Å²) in [6, 6.07) is 30.9. The van der Waals surface area contributed by atoms with E-state index >= 15 is 0 Å². The summed E-state index contributed by atoms with van der Waals surface area (Å²) in [4.78, 5) is 15.6. The molecule has 7 aromatic rings. The Morgan fingerprint density at radius 3 is 1.47 bits per heavy atom. The third-order valence-corrected chi connectivity index (χ3v) is 12.0. The number of fused-ring (bicyclic) bond motifs is 2. The van der Waals surface area contributed by atoms with Crippen molar-refractivity contribution < 1.29 is 60.9 Å². The van der Waals surface area contributed by atoms with E-state index in [1.165, 1.54) is 36.8 Å². The molecule has 5 aromatic carbocycles. The Morgan fingerprint density at radius 1 is 0.576 bits per heavy atom. The van der Waals surface area contributed by atoms with Gasteiger partial charge in [0.05, 0.1) is 11.9 Å². The summed E-state index contributed by atoms with van der Waals surface area (Å²) in [5, 5.41) is 11.1. The van der Waals surface area contributed by atoms with Gasteiger partial charge in [0.2, 0.25) is 10.0 Å². The highest BCUT2D eigenvalue weighted by Gasteiger charge is 2.53. The van der Waals surface area contributed by atoms with Crippen LogP contribution in [-0.4, -0.2) is 67.6 Å². The van der Waals surface area contributed by atoms with Gasteiger partial charge in [0.25, 0.3) is 0 Å². The highest BCUT2D eigenvalue weighted by atomic mass is 32.3. The number of anilines is 1. The maximum absolute atomic E-state index is 12.6. The number of para-hydroxylation sites is 1. The molecular weight excluding hydrogens is 853 g/mol. The zero-order valence-corrected chi connectivity index (χ0v) is 32.3. The number of phenols is 1. The van der Waals surface area contributed by atoms with Gasteiger partial charge < -0.3 is 9.29 Å². The summed E-state index contributed by atoms with van der Waals surface area (Å²) in [7, 11) is -16.4. The van der Waals surface area contributed by atoms with E-state index in [0.717, 1.165) is 35.0 Å². The van der Waals surface area contributed by atoms with Gasteiger partial charge in [-0.05, 0) is 58.7 Å². The molecule has 2 aromatic heterocycles. The van der Waals surface area contributed by atoms with Crippen LogP contribution in [0.3, 0.4) is 0 Å². The van der Waals surface area contributed by atoms with Crippen LogP contribution in [0.5, 0.6) is 11.5 Å². The van der Waals surface area contributed by atoms with Crippen LogP contribution in [0.1, 0.15) is 0 Å². The Morgan fingerprint density at radius 2 is 1.02 bits per heavy atom. The molecule has 0 aliphatic carbocycles. The van der Waals surface area contributed by atoms with Gasteiger partial charge in [-0.2, -0.15) is 46.9 Å². The van der Waals surface area contributed by atoms with Crippen LogP contribution in [0.25, 0.3) is 44.1 Å². The number of hydrogen-bond acceptors (Lipinski definition) is 12. The topological polar surface area (TPSA) is 187 Å². The molecule has 0 saturated heterocycles. The zero-order valence-electron chi connectivity index (χ0n) is 29.8. The first kappa shape index (κ1) is 43.7. The normalized spacial score (nSPS) is 12.1. The van der Waals surface area contributed by atoms with Crippen molar-refractivity contribution >= 4 is 57.7 Å². The minimum Gasteiger partial charge on any atom is -0.506 e. The lowest BCUT2D eigenvalue weighted by atomic mass is 10.0. The molecule has 0 fully saturated rings. The quantitative estimate of drug-likeness (QED) is 0.0931. The van der Waals surface area contributed by atoms with Crippen molar-refractivity contribution in [2.75, 3.05) is 9.97 Å². The molecule has 1 N–H and O–H groups in total. The molecule has 0 amide bonds. The summed E-state index contributed by atoms with van der Waals surface area (Å²) < 4.78 is 146. The fourth-order valence-corrected chi connectivity index (χ4v) is 8.36. The van der Waals surface area contributed by atoms with Gasteiger partial charge >= 0.3 is 31.2 Å². The number of nitrogens with zero attached hydrogens (tertiary/aromatic N) is 5. The van der Waals surface area contributed by atoms with E-state index in [0.29, 0.717) is 28.3 Å². The van der Waals surface area contributed by atoms with Gasteiger partial charge in [0, 0.05) is 23.2 Å². The van der Waals surface area contributed by atoms with Crippen molar-refractivity contribution in [3.05, 3.63) is 140 Å². The van der Waals surface area contributed by atoms with Gasteiger partial charge in [-0.15, -0.1) is 0 Å². The molecule has 7 rings (SSSR count). The highest BCUT2D eigenvalue weighted by molar-refractivity contribution is 8.10. The number of rotatable bonds is 7. The van der Waals surface area contributed by atoms with E-state index in [2.05, 4.69) is 24.1 Å². The van der Waals surface area contributed by atoms with E-state index in [9.17, 15) is 56.7 Å². The van der Waals surface area contributed by atoms with Gasteiger partial charge in [0.1, 0.15) is 29.4 Å². The van der Waals surface area contributed by atoms with Crippen molar-refractivity contribution in [1.29, 1.82) is 0 Å². The Balaban J connectivity index is 0.000000172. The lowest BCUT2D eigenvalue weighted by Gasteiger charge is -2.22. The monoisotopic (exact) mass is 879 g/mol. The first-order chi connectivity index (χ1) is 27.6. The molecule has 0 saturated carbocycles. The number of benzene rings is 5. The number of halogens is 6. The second-order valence-electron chi connectivity index (χ2n) is 11.9. The van der Waals surface area contributed by atoms with Crippen molar-refractivity contribution in [1.82, 2.24) is 19.9 Å². The van der Waals surface area contributed by atoms with Crippen LogP contribution >= 0.6 is 0 Å². The van der Waals surface area contributed by atoms with Crippen LogP contribution in [0.15, 0.2) is 140 Å². The smallest absolute Gasteiger partial charge is 0.506 e. The van der Waals surface area contributed by atoms with Crippen LogP contribution in [0.2, 0.25) is 0 Å². The number of aromatic nitrogens is 4. The number of alkyl halides is 6. The fraction of sp³-hybridized carbons (Fsp3) is 0.0811. The van der Waals surface area contributed by atoms with Crippen LogP contribution in [-0.2, 0) is 30.2 Å². The fourth-order valence-electron chi connectivity index (χ4n) is 5.13. The van der Waals surface area contributed by atoms with Crippen molar-refractivity contribution in [3.63, 3.8) is 0 Å². The predicted octanol–water partition coefficient (Wildman–Crippen LogP) is 7.83. The van der Waals surface area contributed by atoms with E-state index in [1.54, 1.807) is 48.7 Å². The van der Waals surface area contributed by atoms with E-state index in [1.807, 2.05) is 36.4 Å². The van der Waals surface area contributed by atoms with Crippen molar-refractivity contribution in [2.45, 2.75) is 11.0 Å². The minimum absolute atomic E-state index is 0.0301.